The molecule has 7 heteroatoms. The number of nitrogens with two attached hydrogens (primary N) is 1. The van der Waals surface area contributed by atoms with Gasteiger partial charge in [-0.05, 0) is 5.56 Å². The highest BCUT2D eigenvalue weighted by Crippen LogP contribution is 2.15. The van der Waals surface area contributed by atoms with E-state index in [9.17, 15) is 9.59 Å². The van der Waals surface area contributed by atoms with Crippen LogP contribution in [0.1, 0.15) is 11.5 Å². The lowest BCUT2D eigenvalue weighted by molar-refractivity contribution is -0.121. The molecule has 114 valence electrons. The van der Waals surface area contributed by atoms with Crippen molar-refractivity contribution in [1.29, 1.82) is 0 Å². The lowest BCUT2D eigenvalue weighted by Crippen LogP contribution is -2.42. The molecule has 1 aromatic carbocycles. The van der Waals surface area contributed by atoms with Crippen LogP contribution in [0.15, 0.2) is 30.3 Å². The molecule has 4 N–H and O–H groups in total. The molecule has 0 radical (unpaired) electrons. The van der Waals surface area contributed by atoms with Gasteiger partial charge in [-0.25, -0.2) is 4.79 Å². The van der Waals surface area contributed by atoms with Gasteiger partial charge in [0, 0.05) is 27.2 Å². The lowest BCUT2D eigenvalue weighted by Gasteiger charge is -2.16. The van der Waals surface area contributed by atoms with Crippen LogP contribution in [0.25, 0.3) is 0 Å². The van der Waals surface area contributed by atoms with Gasteiger partial charge >= 0.3 is 6.03 Å². The molecule has 0 saturated carbocycles. The minimum absolute atomic E-state index is 0.121. The van der Waals surface area contributed by atoms with Crippen molar-refractivity contribution in [2.45, 2.75) is 5.92 Å². The van der Waals surface area contributed by atoms with Crippen molar-refractivity contribution in [3.05, 3.63) is 35.9 Å². The Hall–Kier alpha value is -2.15. The molecule has 1 aromatic rings. The van der Waals surface area contributed by atoms with Gasteiger partial charge in [0.1, 0.15) is 5.92 Å². The van der Waals surface area contributed by atoms with Gasteiger partial charge < -0.3 is 21.3 Å². The highest BCUT2D eigenvalue weighted by atomic mass is 32.1. The molecule has 0 bridgehead atoms. The van der Waals surface area contributed by atoms with Crippen molar-refractivity contribution < 1.29 is 9.59 Å². The zero-order chi connectivity index (χ0) is 15.8. The van der Waals surface area contributed by atoms with Crippen molar-refractivity contribution in [3.8, 4) is 0 Å². The molecule has 0 aliphatic rings. The molecule has 0 saturated heterocycles. The number of nitrogens with one attached hydrogen (secondary N) is 2. The fourth-order valence-corrected chi connectivity index (χ4v) is 1.95. The molecule has 0 heterocycles. The smallest absolute Gasteiger partial charge is 0.316 e. The van der Waals surface area contributed by atoms with Crippen LogP contribution >= 0.6 is 12.2 Å². The maximum Gasteiger partial charge on any atom is 0.316 e. The minimum Gasteiger partial charge on any atom is -0.392 e. The molecule has 0 aliphatic carbocycles. The summed E-state index contributed by atoms with van der Waals surface area (Å²) < 4.78 is 0. The van der Waals surface area contributed by atoms with E-state index in [2.05, 4.69) is 10.6 Å². The van der Waals surface area contributed by atoms with Crippen molar-refractivity contribution in [2.75, 3.05) is 27.2 Å². The summed E-state index contributed by atoms with van der Waals surface area (Å²) in [6, 6.07) is 8.90. The third kappa shape index (κ3) is 5.39. The summed E-state index contributed by atoms with van der Waals surface area (Å²) >= 11 is 4.97. The van der Waals surface area contributed by atoms with Gasteiger partial charge in [0.2, 0.25) is 5.91 Å². The van der Waals surface area contributed by atoms with Crippen LogP contribution in [0.5, 0.6) is 0 Å². The Kier molecular flexibility index (Phi) is 6.61. The van der Waals surface area contributed by atoms with Gasteiger partial charge in [0.05, 0.1) is 4.99 Å². The predicted octanol–water partition coefficient (Wildman–Crippen LogP) is 0.444. The van der Waals surface area contributed by atoms with Gasteiger partial charge in [-0.2, -0.15) is 0 Å². The Morgan fingerprint density at radius 1 is 1.19 bits per heavy atom. The average molecular weight is 308 g/mol. The van der Waals surface area contributed by atoms with Crippen LogP contribution in [-0.4, -0.2) is 49.0 Å². The maximum atomic E-state index is 12.2. The summed E-state index contributed by atoms with van der Waals surface area (Å²) in [6.45, 7) is 0.645. The van der Waals surface area contributed by atoms with Gasteiger partial charge in [0.25, 0.3) is 0 Å². The van der Waals surface area contributed by atoms with E-state index in [1.165, 1.54) is 4.90 Å². The van der Waals surface area contributed by atoms with Crippen molar-refractivity contribution >= 4 is 29.1 Å². The van der Waals surface area contributed by atoms with Crippen molar-refractivity contribution in [1.82, 2.24) is 15.5 Å². The fourth-order valence-electron chi connectivity index (χ4n) is 1.71. The molecule has 1 atom stereocenters. The van der Waals surface area contributed by atoms with Crippen LogP contribution in [0.2, 0.25) is 0 Å². The molecule has 0 fully saturated rings. The first kappa shape index (κ1) is 16.9. The molecule has 0 aliphatic heterocycles. The number of carbonyl (C=O) groups excluding carboxylic acids is 2. The number of benzene rings is 1. The highest BCUT2D eigenvalue weighted by Gasteiger charge is 2.22. The Morgan fingerprint density at radius 3 is 2.29 bits per heavy atom. The van der Waals surface area contributed by atoms with Crippen LogP contribution in [0.4, 0.5) is 4.79 Å². The lowest BCUT2D eigenvalue weighted by atomic mass is 9.98. The number of thiocarbonyl (C=S) groups is 1. The van der Waals surface area contributed by atoms with Crippen LogP contribution in [0, 0.1) is 0 Å². The third-order valence-electron chi connectivity index (χ3n) is 2.79. The summed E-state index contributed by atoms with van der Waals surface area (Å²) in [4.78, 5) is 25.0. The van der Waals surface area contributed by atoms with Gasteiger partial charge in [-0.3, -0.25) is 4.79 Å². The largest absolute Gasteiger partial charge is 0.392 e. The first-order valence-corrected chi connectivity index (χ1v) is 6.91. The van der Waals surface area contributed by atoms with Gasteiger partial charge in [-0.1, -0.05) is 42.5 Å². The number of urea groups is 1. The van der Waals surface area contributed by atoms with E-state index in [-0.39, 0.29) is 16.9 Å². The monoisotopic (exact) mass is 308 g/mol. The number of amides is 3. The minimum atomic E-state index is -0.661. The van der Waals surface area contributed by atoms with E-state index in [4.69, 9.17) is 18.0 Å². The Labute approximate surface area is 129 Å². The first-order chi connectivity index (χ1) is 9.93. The molecule has 1 unspecified atom stereocenters. The predicted molar refractivity (Wildman–Crippen MR) is 86.1 cm³/mol. The second-order valence-electron chi connectivity index (χ2n) is 4.66. The summed E-state index contributed by atoms with van der Waals surface area (Å²) in [6.07, 6.45) is 0. The van der Waals surface area contributed by atoms with E-state index in [1.54, 1.807) is 26.2 Å². The average Bonchev–Trinajstić information content (AvgIpc) is 2.44. The van der Waals surface area contributed by atoms with Crippen molar-refractivity contribution in [3.63, 3.8) is 0 Å². The Balaban J connectivity index is 2.52. The van der Waals surface area contributed by atoms with E-state index in [0.29, 0.717) is 13.1 Å². The Bertz CT molecular complexity index is 505. The molecule has 6 nitrogen and oxygen atoms in total. The van der Waals surface area contributed by atoms with Gasteiger partial charge in [-0.15, -0.1) is 0 Å². The molecular formula is C14H20N4O2S. The molecule has 1 rings (SSSR count). The zero-order valence-corrected chi connectivity index (χ0v) is 12.9. The molecule has 0 aromatic heterocycles. The summed E-state index contributed by atoms with van der Waals surface area (Å²) in [5.41, 5.74) is 6.41. The standard InChI is InChI=1S/C14H20N4O2S/c1-18(2)14(20)17-9-8-16-13(19)11(12(15)21)10-6-4-3-5-7-10/h3-7,11H,8-9H2,1-2H3,(H2,15,21)(H,16,19)(H,17,20). The molecule has 3 amide bonds. The maximum absolute atomic E-state index is 12.2. The summed E-state index contributed by atoms with van der Waals surface area (Å²) in [5.74, 6) is -0.932. The molecule has 0 spiro atoms. The van der Waals surface area contributed by atoms with Gasteiger partial charge in [0.15, 0.2) is 0 Å². The molecular weight excluding hydrogens is 288 g/mol. The highest BCUT2D eigenvalue weighted by molar-refractivity contribution is 7.80. The van der Waals surface area contributed by atoms with E-state index in [1.807, 2.05) is 18.2 Å². The zero-order valence-electron chi connectivity index (χ0n) is 12.1. The molecule has 21 heavy (non-hydrogen) atoms. The van der Waals surface area contributed by atoms with Crippen LogP contribution < -0.4 is 16.4 Å². The van der Waals surface area contributed by atoms with E-state index >= 15 is 0 Å². The SMILES string of the molecule is CN(C)C(=O)NCCNC(=O)C(C(N)=S)c1ccccc1. The normalized spacial score (nSPS) is 11.3. The summed E-state index contributed by atoms with van der Waals surface area (Å²) in [7, 11) is 3.29. The van der Waals surface area contributed by atoms with Crippen molar-refractivity contribution in [2.24, 2.45) is 5.73 Å². The second-order valence-corrected chi connectivity index (χ2v) is 5.13. The quantitative estimate of drug-likeness (QED) is 0.526. The number of carbonyl (C=O) groups is 2. The topological polar surface area (TPSA) is 87.5 Å². The number of rotatable bonds is 6. The van der Waals surface area contributed by atoms with Crippen LogP contribution in [0.3, 0.4) is 0 Å². The first-order valence-electron chi connectivity index (χ1n) is 6.50. The van der Waals surface area contributed by atoms with Crippen LogP contribution in [-0.2, 0) is 4.79 Å². The van der Waals surface area contributed by atoms with E-state index in [0.717, 1.165) is 5.56 Å². The fraction of sp³-hybridized carbons (Fsp3) is 0.357. The number of hydrogen-bond acceptors (Lipinski definition) is 3. The number of hydrogen-bond donors (Lipinski definition) is 3. The second kappa shape index (κ2) is 8.21. The van der Waals surface area contributed by atoms with E-state index < -0.39 is 5.92 Å². The Morgan fingerprint density at radius 2 is 1.76 bits per heavy atom. The summed E-state index contributed by atoms with van der Waals surface area (Å²) in [5, 5.41) is 5.37. The third-order valence-corrected chi connectivity index (χ3v) is 3.02. The number of nitrogens with zero attached hydrogens (tertiary/aromatic N) is 1.